The van der Waals surface area contributed by atoms with E-state index >= 15 is 0 Å². The van der Waals surface area contributed by atoms with E-state index in [4.69, 9.17) is 11.6 Å². The maximum absolute atomic E-state index is 12.9. The molecule has 0 atom stereocenters. The molecule has 17 heavy (non-hydrogen) atoms. The van der Waals surface area contributed by atoms with Crippen LogP contribution in [0, 0.1) is 5.82 Å². The molecule has 1 heterocycles. The summed E-state index contributed by atoms with van der Waals surface area (Å²) in [5, 5.41) is 2.24. The molecule has 1 aliphatic rings. The molecule has 1 aromatic carbocycles. The molecule has 0 unspecified atom stereocenters. The lowest BCUT2D eigenvalue weighted by molar-refractivity contribution is -0.121. The van der Waals surface area contributed by atoms with Gasteiger partial charge in [-0.15, -0.1) is 0 Å². The van der Waals surface area contributed by atoms with Crippen LogP contribution in [0.1, 0.15) is 12.0 Å². The Balaban J connectivity index is 2.08. The number of halogens is 2. The molecular weight excluding hydrogens is 247 g/mol. The maximum atomic E-state index is 12.9. The standard InChI is InChI=1S/C11H10ClFN2O2/c12-8-5-7(1-2-9(8)13)6-15-4-3-10(16)14-11(15)17/h1-2,5H,3-4,6H2,(H,14,16,17). The van der Waals surface area contributed by atoms with E-state index in [-0.39, 0.29) is 17.4 Å². The number of carbonyl (C=O) groups is 2. The molecule has 6 heteroatoms. The van der Waals surface area contributed by atoms with Gasteiger partial charge in [-0.25, -0.2) is 9.18 Å². The number of hydrogen-bond acceptors (Lipinski definition) is 2. The van der Waals surface area contributed by atoms with Crippen molar-refractivity contribution in [1.29, 1.82) is 0 Å². The first-order valence-electron chi connectivity index (χ1n) is 5.09. The summed E-state index contributed by atoms with van der Waals surface area (Å²) in [7, 11) is 0. The molecule has 0 saturated carbocycles. The number of rotatable bonds is 2. The Hall–Kier alpha value is -1.62. The van der Waals surface area contributed by atoms with E-state index in [1.54, 1.807) is 6.07 Å². The van der Waals surface area contributed by atoms with Crippen LogP contribution in [-0.4, -0.2) is 23.4 Å². The highest BCUT2D eigenvalue weighted by molar-refractivity contribution is 6.30. The smallest absolute Gasteiger partial charge is 0.320 e. The van der Waals surface area contributed by atoms with Gasteiger partial charge in [0.2, 0.25) is 5.91 Å². The van der Waals surface area contributed by atoms with Gasteiger partial charge in [-0.05, 0) is 17.7 Å². The average Bonchev–Trinajstić information content (AvgIpc) is 2.27. The zero-order valence-corrected chi connectivity index (χ0v) is 9.63. The number of imide groups is 1. The van der Waals surface area contributed by atoms with Crippen molar-refractivity contribution in [2.75, 3.05) is 6.54 Å². The van der Waals surface area contributed by atoms with Crippen molar-refractivity contribution in [3.8, 4) is 0 Å². The summed E-state index contributed by atoms with van der Waals surface area (Å²) in [4.78, 5) is 23.9. The SMILES string of the molecule is O=C1CCN(Cc2ccc(F)c(Cl)c2)C(=O)N1. The molecule has 3 amide bonds. The third kappa shape index (κ3) is 2.74. The Morgan fingerprint density at radius 3 is 2.82 bits per heavy atom. The van der Waals surface area contributed by atoms with Crippen molar-refractivity contribution in [3.63, 3.8) is 0 Å². The lowest BCUT2D eigenvalue weighted by Gasteiger charge is -2.26. The van der Waals surface area contributed by atoms with E-state index in [0.29, 0.717) is 13.1 Å². The fourth-order valence-electron chi connectivity index (χ4n) is 1.61. The number of carbonyl (C=O) groups excluding carboxylic acids is 2. The van der Waals surface area contributed by atoms with Crippen molar-refractivity contribution < 1.29 is 14.0 Å². The summed E-state index contributed by atoms with van der Waals surface area (Å²) in [5.74, 6) is -0.767. The van der Waals surface area contributed by atoms with Crippen LogP contribution in [0.2, 0.25) is 5.02 Å². The summed E-state index contributed by atoms with van der Waals surface area (Å²) in [5.41, 5.74) is 0.723. The molecule has 1 N–H and O–H groups in total. The Labute approximate surface area is 102 Å². The number of benzene rings is 1. The minimum Gasteiger partial charge on any atom is -0.320 e. The second-order valence-electron chi connectivity index (χ2n) is 3.77. The predicted octanol–water partition coefficient (Wildman–Crippen LogP) is 1.92. The van der Waals surface area contributed by atoms with E-state index in [2.05, 4.69) is 5.32 Å². The zero-order chi connectivity index (χ0) is 12.4. The minimum atomic E-state index is -0.492. The highest BCUT2D eigenvalue weighted by Crippen LogP contribution is 2.17. The molecule has 90 valence electrons. The van der Waals surface area contributed by atoms with Gasteiger partial charge in [0.1, 0.15) is 5.82 Å². The van der Waals surface area contributed by atoms with Gasteiger partial charge in [-0.3, -0.25) is 10.1 Å². The Morgan fingerprint density at radius 2 is 2.18 bits per heavy atom. The van der Waals surface area contributed by atoms with E-state index < -0.39 is 11.8 Å². The van der Waals surface area contributed by atoms with Crippen LogP contribution in [0.25, 0.3) is 0 Å². The summed E-state index contributed by atoms with van der Waals surface area (Å²) in [6.45, 7) is 0.665. The van der Waals surface area contributed by atoms with Gasteiger partial charge in [-0.1, -0.05) is 17.7 Å². The van der Waals surface area contributed by atoms with Crippen LogP contribution in [0.4, 0.5) is 9.18 Å². The highest BCUT2D eigenvalue weighted by atomic mass is 35.5. The van der Waals surface area contributed by atoms with Gasteiger partial charge in [0, 0.05) is 19.5 Å². The van der Waals surface area contributed by atoms with Crippen LogP contribution in [0.3, 0.4) is 0 Å². The summed E-state index contributed by atoms with van der Waals surface area (Å²) in [6, 6.07) is 3.86. The number of hydrogen-bond donors (Lipinski definition) is 1. The Morgan fingerprint density at radius 1 is 1.41 bits per heavy atom. The number of urea groups is 1. The quantitative estimate of drug-likeness (QED) is 0.879. The molecule has 1 fully saturated rings. The topological polar surface area (TPSA) is 49.4 Å². The predicted molar refractivity (Wildman–Crippen MR) is 60.0 cm³/mol. The molecule has 2 rings (SSSR count). The minimum absolute atomic E-state index is 0.0241. The molecule has 1 aromatic rings. The van der Waals surface area contributed by atoms with Gasteiger partial charge in [-0.2, -0.15) is 0 Å². The first kappa shape index (κ1) is 11.9. The number of nitrogens with zero attached hydrogens (tertiary/aromatic N) is 1. The molecule has 0 spiro atoms. The van der Waals surface area contributed by atoms with Crippen LogP contribution < -0.4 is 5.32 Å². The highest BCUT2D eigenvalue weighted by Gasteiger charge is 2.22. The lowest BCUT2D eigenvalue weighted by Crippen LogP contribution is -2.48. The second kappa shape index (κ2) is 4.71. The zero-order valence-electron chi connectivity index (χ0n) is 8.87. The van der Waals surface area contributed by atoms with Gasteiger partial charge < -0.3 is 4.90 Å². The molecular formula is C11H10ClFN2O2. The van der Waals surface area contributed by atoms with Crippen molar-refractivity contribution in [2.45, 2.75) is 13.0 Å². The summed E-state index contributed by atoms with van der Waals surface area (Å²) >= 11 is 5.64. The van der Waals surface area contributed by atoms with E-state index in [9.17, 15) is 14.0 Å². The monoisotopic (exact) mass is 256 g/mol. The molecule has 0 bridgehead atoms. The van der Waals surface area contributed by atoms with Crippen molar-refractivity contribution in [2.24, 2.45) is 0 Å². The number of nitrogens with one attached hydrogen (secondary N) is 1. The first-order chi connectivity index (χ1) is 8.06. The van der Waals surface area contributed by atoms with Crippen molar-refractivity contribution >= 4 is 23.5 Å². The molecule has 1 aliphatic heterocycles. The Bertz CT molecular complexity index is 479. The fourth-order valence-corrected chi connectivity index (χ4v) is 1.81. The molecule has 0 aromatic heterocycles. The van der Waals surface area contributed by atoms with Gasteiger partial charge in [0.25, 0.3) is 0 Å². The fraction of sp³-hybridized carbons (Fsp3) is 0.273. The van der Waals surface area contributed by atoms with Crippen molar-refractivity contribution in [1.82, 2.24) is 10.2 Å². The van der Waals surface area contributed by atoms with E-state index in [0.717, 1.165) is 5.56 Å². The number of amides is 3. The van der Waals surface area contributed by atoms with Gasteiger partial charge >= 0.3 is 6.03 Å². The van der Waals surface area contributed by atoms with E-state index in [1.165, 1.54) is 17.0 Å². The molecule has 1 saturated heterocycles. The first-order valence-corrected chi connectivity index (χ1v) is 5.47. The van der Waals surface area contributed by atoms with Crippen LogP contribution in [0.15, 0.2) is 18.2 Å². The molecule has 0 radical (unpaired) electrons. The van der Waals surface area contributed by atoms with Crippen LogP contribution in [-0.2, 0) is 11.3 Å². The summed E-state index contributed by atoms with van der Waals surface area (Å²) < 4.78 is 12.9. The molecule has 0 aliphatic carbocycles. The van der Waals surface area contributed by atoms with Crippen LogP contribution in [0.5, 0.6) is 0 Å². The maximum Gasteiger partial charge on any atom is 0.324 e. The van der Waals surface area contributed by atoms with Gasteiger partial charge in [0.05, 0.1) is 5.02 Å². The normalized spacial score (nSPS) is 16.0. The molecule has 4 nitrogen and oxygen atoms in total. The van der Waals surface area contributed by atoms with Crippen molar-refractivity contribution in [3.05, 3.63) is 34.6 Å². The Kier molecular flexibility index (Phi) is 3.28. The third-order valence-corrected chi connectivity index (χ3v) is 2.79. The second-order valence-corrected chi connectivity index (χ2v) is 4.18. The largest absolute Gasteiger partial charge is 0.324 e. The van der Waals surface area contributed by atoms with E-state index in [1.807, 2.05) is 0 Å². The van der Waals surface area contributed by atoms with Crippen LogP contribution >= 0.6 is 11.6 Å². The average molecular weight is 257 g/mol. The lowest BCUT2D eigenvalue weighted by atomic mass is 10.2. The van der Waals surface area contributed by atoms with Gasteiger partial charge in [0.15, 0.2) is 0 Å². The third-order valence-electron chi connectivity index (χ3n) is 2.50. The summed E-state index contributed by atoms with van der Waals surface area (Å²) in [6.07, 6.45) is 0.278.